The van der Waals surface area contributed by atoms with E-state index in [9.17, 15) is 0 Å². The molecule has 2 heteroatoms. The van der Waals surface area contributed by atoms with Crippen LogP contribution in [0.5, 0.6) is 0 Å². The van der Waals surface area contributed by atoms with Crippen molar-refractivity contribution in [2.75, 3.05) is 29.9 Å². The molecular formula is C16H26N2. The molecule has 1 aromatic carbocycles. The summed E-state index contributed by atoms with van der Waals surface area (Å²) in [5.74, 6) is 0. The third-order valence-electron chi connectivity index (χ3n) is 3.68. The molecule has 1 fully saturated rings. The largest absolute Gasteiger partial charge is 0.385 e. The fraction of sp³-hybridized carbons (Fsp3) is 0.625. The van der Waals surface area contributed by atoms with Gasteiger partial charge in [-0.05, 0) is 37.5 Å². The minimum Gasteiger partial charge on any atom is -0.385 e. The fourth-order valence-electron chi connectivity index (χ4n) is 2.57. The first kappa shape index (κ1) is 13.3. The van der Waals surface area contributed by atoms with Crippen LogP contribution >= 0.6 is 0 Å². The summed E-state index contributed by atoms with van der Waals surface area (Å²) in [6, 6.07) is 8.88. The molecule has 1 aromatic rings. The number of hydrogen-bond donors (Lipinski definition) is 1. The molecule has 0 radical (unpaired) electrons. The van der Waals surface area contributed by atoms with E-state index in [1.54, 1.807) is 0 Å². The molecule has 0 aliphatic carbocycles. The molecule has 2 rings (SSSR count). The summed E-state index contributed by atoms with van der Waals surface area (Å²) in [6.45, 7) is 5.80. The first-order chi connectivity index (χ1) is 8.90. The van der Waals surface area contributed by atoms with Crippen LogP contribution in [-0.4, -0.2) is 19.6 Å². The van der Waals surface area contributed by atoms with Crippen molar-refractivity contribution in [1.29, 1.82) is 0 Å². The van der Waals surface area contributed by atoms with E-state index >= 15 is 0 Å². The Hall–Kier alpha value is -1.18. The van der Waals surface area contributed by atoms with Gasteiger partial charge in [0.05, 0.1) is 0 Å². The van der Waals surface area contributed by atoms with Crippen LogP contribution in [0.15, 0.2) is 24.3 Å². The molecule has 0 aromatic heterocycles. The second-order valence-corrected chi connectivity index (χ2v) is 5.23. The highest BCUT2D eigenvalue weighted by molar-refractivity contribution is 5.58. The van der Waals surface area contributed by atoms with Crippen LogP contribution in [0.25, 0.3) is 0 Å². The van der Waals surface area contributed by atoms with Gasteiger partial charge in [0.1, 0.15) is 0 Å². The topological polar surface area (TPSA) is 15.3 Å². The van der Waals surface area contributed by atoms with E-state index in [-0.39, 0.29) is 0 Å². The Morgan fingerprint density at radius 2 is 1.94 bits per heavy atom. The summed E-state index contributed by atoms with van der Waals surface area (Å²) in [4.78, 5) is 2.49. The molecule has 18 heavy (non-hydrogen) atoms. The monoisotopic (exact) mass is 246 g/mol. The number of rotatable bonds is 7. The average molecular weight is 246 g/mol. The lowest BCUT2D eigenvalue weighted by atomic mass is 10.2. The maximum absolute atomic E-state index is 3.54. The predicted octanol–water partition coefficient (Wildman–Crippen LogP) is 4.28. The first-order valence-corrected chi connectivity index (χ1v) is 7.49. The molecule has 1 N–H and O–H groups in total. The summed E-state index contributed by atoms with van der Waals surface area (Å²) in [7, 11) is 0. The normalized spacial score (nSPS) is 15.1. The molecule has 0 unspecified atom stereocenters. The van der Waals surface area contributed by atoms with Crippen LogP contribution in [0.4, 0.5) is 11.4 Å². The minimum atomic E-state index is 1.10. The van der Waals surface area contributed by atoms with Gasteiger partial charge in [-0.15, -0.1) is 0 Å². The van der Waals surface area contributed by atoms with Gasteiger partial charge in [0.2, 0.25) is 0 Å². The van der Waals surface area contributed by atoms with Crippen molar-refractivity contribution in [3.05, 3.63) is 24.3 Å². The molecule has 0 bridgehead atoms. The molecule has 0 atom stereocenters. The van der Waals surface area contributed by atoms with E-state index < -0.39 is 0 Å². The smallest absolute Gasteiger partial charge is 0.0386 e. The van der Waals surface area contributed by atoms with E-state index in [2.05, 4.69) is 41.4 Å². The van der Waals surface area contributed by atoms with Gasteiger partial charge in [-0.25, -0.2) is 0 Å². The summed E-state index contributed by atoms with van der Waals surface area (Å²) in [5.41, 5.74) is 2.65. The van der Waals surface area contributed by atoms with Crippen molar-refractivity contribution in [3.63, 3.8) is 0 Å². The highest BCUT2D eigenvalue weighted by Crippen LogP contribution is 2.23. The van der Waals surface area contributed by atoms with Gasteiger partial charge >= 0.3 is 0 Å². The number of anilines is 2. The van der Waals surface area contributed by atoms with E-state index in [1.165, 1.54) is 63.0 Å². The number of hydrogen-bond acceptors (Lipinski definition) is 2. The van der Waals surface area contributed by atoms with Crippen molar-refractivity contribution in [2.24, 2.45) is 0 Å². The average Bonchev–Trinajstić information content (AvgIpc) is 2.93. The van der Waals surface area contributed by atoms with Gasteiger partial charge in [-0.1, -0.05) is 32.3 Å². The zero-order chi connectivity index (χ0) is 12.6. The maximum atomic E-state index is 3.54. The summed E-state index contributed by atoms with van der Waals surface area (Å²) >= 11 is 0. The number of unbranched alkanes of at least 4 members (excludes halogenated alkanes) is 3. The van der Waals surface area contributed by atoms with Crippen LogP contribution in [0.3, 0.4) is 0 Å². The molecule has 1 heterocycles. The van der Waals surface area contributed by atoms with E-state index in [4.69, 9.17) is 0 Å². The molecule has 1 saturated heterocycles. The maximum Gasteiger partial charge on any atom is 0.0386 e. The van der Waals surface area contributed by atoms with Crippen LogP contribution in [0, 0.1) is 0 Å². The molecule has 2 nitrogen and oxygen atoms in total. The lowest BCUT2D eigenvalue weighted by Gasteiger charge is -2.18. The van der Waals surface area contributed by atoms with Gasteiger partial charge < -0.3 is 10.2 Å². The van der Waals surface area contributed by atoms with E-state index in [0.29, 0.717) is 0 Å². The third-order valence-corrected chi connectivity index (χ3v) is 3.68. The number of nitrogens with zero attached hydrogens (tertiary/aromatic N) is 1. The van der Waals surface area contributed by atoms with Crippen molar-refractivity contribution < 1.29 is 0 Å². The second-order valence-electron chi connectivity index (χ2n) is 5.23. The Labute approximate surface area is 111 Å². The van der Waals surface area contributed by atoms with Crippen molar-refractivity contribution in [3.8, 4) is 0 Å². The van der Waals surface area contributed by atoms with Crippen LogP contribution < -0.4 is 10.2 Å². The van der Waals surface area contributed by atoms with Crippen molar-refractivity contribution in [1.82, 2.24) is 0 Å². The zero-order valence-electron chi connectivity index (χ0n) is 11.6. The lowest BCUT2D eigenvalue weighted by Crippen LogP contribution is -2.17. The van der Waals surface area contributed by atoms with E-state index in [0.717, 1.165) is 6.54 Å². The van der Waals surface area contributed by atoms with Crippen LogP contribution in [0.2, 0.25) is 0 Å². The Bertz CT molecular complexity index is 343. The van der Waals surface area contributed by atoms with Gasteiger partial charge in [0, 0.05) is 31.0 Å². The first-order valence-electron chi connectivity index (χ1n) is 7.49. The van der Waals surface area contributed by atoms with Crippen molar-refractivity contribution in [2.45, 2.75) is 45.4 Å². The molecule has 0 amide bonds. The van der Waals surface area contributed by atoms with Gasteiger partial charge in [-0.3, -0.25) is 0 Å². The van der Waals surface area contributed by atoms with Crippen molar-refractivity contribution >= 4 is 11.4 Å². The Kier molecular flexibility index (Phi) is 5.37. The Morgan fingerprint density at radius 3 is 2.72 bits per heavy atom. The van der Waals surface area contributed by atoms with Crippen LogP contribution in [0.1, 0.15) is 45.4 Å². The predicted molar refractivity (Wildman–Crippen MR) is 80.5 cm³/mol. The van der Waals surface area contributed by atoms with Gasteiger partial charge in [0.25, 0.3) is 0 Å². The molecule has 1 aliphatic rings. The molecule has 1 aliphatic heterocycles. The van der Waals surface area contributed by atoms with Gasteiger partial charge in [-0.2, -0.15) is 0 Å². The molecule has 0 saturated carbocycles. The molecule has 100 valence electrons. The SMILES string of the molecule is CCCCCCNc1cccc(N2CCCC2)c1. The highest BCUT2D eigenvalue weighted by Gasteiger charge is 2.11. The summed E-state index contributed by atoms with van der Waals surface area (Å²) in [5, 5.41) is 3.54. The number of nitrogens with one attached hydrogen (secondary N) is 1. The Balaban J connectivity index is 1.79. The standard InChI is InChI=1S/C16H26N2/c1-2-3-4-5-11-17-15-9-8-10-16(14-15)18-12-6-7-13-18/h8-10,14,17H,2-7,11-13H2,1H3. The fourth-order valence-corrected chi connectivity index (χ4v) is 2.57. The van der Waals surface area contributed by atoms with E-state index in [1.807, 2.05) is 0 Å². The van der Waals surface area contributed by atoms with Gasteiger partial charge in [0.15, 0.2) is 0 Å². The molecule has 0 spiro atoms. The second kappa shape index (κ2) is 7.30. The quantitative estimate of drug-likeness (QED) is 0.722. The summed E-state index contributed by atoms with van der Waals surface area (Å²) in [6.07, 6.45) is 7.97. The number of benzene rings is 1. The van der Waals surface area contributed by atoms with Crippen LogP contribution in [-0.2, 0) is 0 Å². The minimum absolute atomic E-state index is 1.10. The third kappa shape index (κ3) is 3.94. The zero-order valence-corrected chi connectivity index (χ0v) is 11.6. The lowest BCUT2D eigenvalue weighted by molar-refractivity contribution is 0.685. The summed E-state index contributed by atoms with van der Waals surface area (Å²) < 4.78 is 0. The highest BCUT2D eigenvalue weighted by atomic mass is 15.1. The molecular weight excluding hydrogens is 220 g/mol. The Morgan fingerprint density at radius 1 is 1.11 bits per heavy atom.